The van der Waals surface area contributed by atoms with Crippen molar-refractivity contribution in [1.82, 2.24) is 5.32 Å². The lowest BCUT2D eigenvalue weighted by atomic mass is 10.1. The van der Waals surface area contributed by atoms with Crippen LogP contribution in [0.4, 0.5) is 13.2 Å². The molecule has 0 rings (SSSR count). The average Bonchev–Trinajstić information content (AvgIpc) is 2.35. The van der Waals surface area contributed by atoms with Gasteiger partial charge >= 0.3 is 6.18 Å². The highest BCUT2D eigenvalue weighted by atomic mass is 19.4. The van der Waals surface area contributed by atoms with Crippen molar-refractivity contribution in [3.05, 3.63) is 36.1 Å². The van der Waals surface area contributed by atoms with Crippen molar-refractivity contribution < 1.29 is 18.3 Å². The van der Waals surface area contributed by atoms with Crippen molar-refractivity contribution in [3.63, 3.8) is 0 Å². The molecule has 0 aromatic rings. The molecule has 0 saturated carbocycles. The van der Waals surface area contributed by atoms with Crippen LogP contribution in [0.1, 0.15) is 32.6 Å². The van der Waals surface area contributed by atoms with E-state index in [1.807, 2.05) is 0 Å². The van der Waals surface area contributed by atoms with Gasteiger partial charge in [-0.05, 0) is 44.4 Å². The Morgan fingerprint density at radius 1 is 1.40 bits per heavy atom. The van der Waals surface area contributed by atoms with E-state index in [1.165, 1.54) is 12.2 Å². The van der Waals surface area contributed by atoms with E-state index in [0.29, 0.717) is 24.2 Å². The Hall–Kier alpha value is -1.27. The molecule has 0 aromatic heterocycles. The Bertz CT molecular complexity index is 349. The van der Waals surface area contributed by atoms with E-state index in [2.05, 4.69) is 11.9 Å². The average molecular weight is 292 g/mol. The van der Waals surface area contributed by atoms with Gasteiger partial charge in [-0.2, -0.15) is 13.2 Å². The van der Waals surface area contributed by atoms with Crippen molar-refractivity contribution in [2.45, 2.75) is 45.0 Å². The number of hydrogen-bond donors (Lipinski definition) is 3. The molecule has 0 aromatic carbocycles. The SMILES string of the molecule is C=C/C=C(NC(O)CCCCN)\C(C)=C/CC(F)(F)F. The van der Waals surface area contributed by atoms with Crippen molar-refractivity contribution >= 4 is 0 Å². The van der Waals surface area contributed by atoms with E-state index in [4.69, 9.17) is 5.73 Å². The van der Waals surface area contributed by atoms with Gasteiger partial charge in [0.15, 0.2) is 0 Å². The predicted molar refractivity (Wildman–Crippen MR) is 74.8 cm³/mol. The topological polar surface area (TPSA) is 58.3 Å². The first kappa shape index (κ1) is 18.7. The van der Waals surface area contributed by atoms with Crippen LogP contribution in [0.25, 0.3) is 0 Å². The molecule has 1 atom stereocenters. The number of nitrogens with one attached hydrogen (secondary N) is 1. The number of unbranched alkanes of at least 4 members (excludes halogenated alkanes) is 1. The zero-order valence-corrected chi connectivity index (χ0v) is 11.7. The molecule has 0 bridgehead atoms. The maximum absolute atomic E-state index is 12.2. The molecule has 0 aliphatic rings. The van der Waals surface area contributed by atoms with Crippen LogP contribution < -0.4 is 11.1 Å². The molecule has 0 amide bonds. The maximum Gasteiger partial charge on any atom is 0.392 e. The first-order valence-corrected chi connectivity index (χ1v) is 6.51. The van der Waals surface area contributed by atoms with Gasteiger partial charge in [0.05, 0.1) is 6.42 Å². The summed E-state index contributed by atoms with van der Waals surface area (Å²) in [6.07, 6.45) is 0.0430. The lowest BCUT2D eigenvalue weighted by molar-refractivity contribution is -0.125. The van der Waals surface area contributed by atoms with Crippen LogP contribution in [0, 0.1) is 0 Å². The molecule has 1 unspecified atom stereocenters. The molecule has 6 heteroatoms. The van der Waals surface area contributed by atoms with Crippen LogP contribution in [0.2, 0.25) is 0 Å². The Morgan fingerprint density at radius 3 is 2.55 bits per heavy atom. The molecular weight excluding hydrogens is 269 g/mol. The van der Waals surface area contributed by atoms with Crippen molar-refractivity contribution in [2.24, 2.45) is 5.73 Å². The second kappa shape index (κ2) is 9.61. The minimum absolute atomic E-state index is 0.417. The molecule has 3 nitrogen and oxygen atoms in total. The third-order valence-electron chi connectivity index (χ3n) is 2.60. The molecule has 0 fully saturated rings. The highest BCUT2D eigenvalue weighted by molar-refractivity contribution is 5.30. The molecule has 4 N–H and O–H groups in total. The summed E-state index contributed by atoms with van der Waals surface area (Å²) >= 11 is 0. The van der Waals surface area contributed by atoms with E-state index >= 15 is 0 Å². The minimum atomic E-state index is -4.24. The van der Waals surface area contributed by atoms with Gasteiger partial charge in [-0.1, -0.05) is 18.7 Å². The highest BCUT2D eigenvalue weighted by Crippen LogP contribution is 2.22. The molecular formula is C14H23F3N2O. The van der Waals surface area contributed by atoms with Gasteiger partial charge in [-0.3, -0.25) is 0 Å². The third-order valence-corrected chi connectivity index (χ3v) is 2.60. The fraction of sp³-hybridized carbons (Fsp3) is 0.571. The first-order chi connectivity index (χ1) is 9.30. The van der Waals surface area contributed by atoms with Crippen LogP contribution in [0.15, 0.2) is 36.1 Å². The first-order valence-electron chi connectivity index (χ1n) is 6.51. The van der Waals surface area contributed by atoms with Crippen LogP contribution in [0.3, 0.4) is 0 Å². The minimum Gasteiger partial charge on any atom is -0.374 e. The van der Waals surface area contributed by atoms with Crippen LogP contribution in [0.5, 0.6) is 0 Å². The number of alkyl halides is 3. The number of allylic oxidation sites excluding steroid dienone is 4. The van der Waals surface area contributed by atoms with E-state index in [0.717, 1.165) is 18.9 Å². The van der Waals surface area contributed by atoms with E-state index in [9.17, 15) is 18.3 Å². The molecule has 0 aliphatic heterocycles. The summed E-state index contributed by atoms with van der Waals surface area (Å²) in [6.45, 7) is 5.61. The number of hydrogen-bond acceptors (Lipinski definition) is 3. The van der Waals surface area contributed by atoms with Gasteiger partial charge in [0.1, 0.15) is 6.23 Å². The number of rotatable bonds is 9. The Labute approximate surface area is 118 Å². The number of nitrogens with two attached hydrogens (primary N) is 1. The van der Waals surface area contributed by atoms with Gasteiger partial charge in [-0.15, -0.1) is 0 Å². The molecule has 20 heavy (non-hydrogen) atoms. The van der Waals surface area contributed by atoms with Crippen molar-refractivity contribution in [3.8, 4) is 0 Å². The smallest absolute Gasteiger partial charge is 0.374 e. The zero-order valence-electron chi connectivity index (χ0n) is 11.7. The Morgan fingerprint density at radius 2 is 2.05 bits per heavy atom. The normalized spacial score (nSPS) is 15.1. The highest BCUT2D eigenvalue weighted by Gasteiger charge is 2.25. The molecule has 0 saturated heterocycles. The standard InChI is InChI=1S/C14H23F3N2O/c1-3-6-12(11(2)8-9-14(15,16)17)19-13(20)7-4-5-10-18/h3,6,8,13,19-20H,1,4-5,7,9-10,18H2,2H3/b11-8-,12-6+. The molecule has 0 spiro atoms. The quantitative estimate of drug-likeness (QED) is 0.348. The summed E-state index contributed by atoms with van der Waals surface area (Å²) in [5.74, 6) is 0. The fourth-order valence-electron chi connectivity index (χ4n) is 1.52. The van der Waals surface area contributed by atoms with Crippen LogP contribution in [-0.4, -0.2) is 24.1 Å². The fourth-order valence-corrected chi connectivity index (χ4v) is 1.52. The van der Waals surface area contributed by atoms with E-state index in [-0.39, 0.29) is 0 Å². The number of halogens is 3. The summed E-state index contributed by atoms with van der Waals surface area (Å²) in [4.78, 5) is 0. The van der Waals surface area contributed by atoms with E-state index < -0.39 is 18.8 Å². The Balaban J connectivity index is 4.57. The monoisotopic (exact) mass is 292 g/mol. The molecule has 0 radical (unpaired) electrons. The zero-order chi connectivity index (χ0) is 15.6. The third kappa shape index (κ3) is 9.63. The van der Waals surface area contributed by atoms with Crippen molar-refractivity contribution in [2.75, 3.05) is 6.54 Å². The summed E-state index contributed by atoms with van der Waals surface area (Å²) in [5, 5.41) is 12.6. The van der Waals surface area contributed by atoms with E-state index in [1.54, 1.807) is 6.92 Å². The van der Waals surface area contributed by atoms with Gasteiger partial charge in [-0.25, -0.2) is 0 Å². The lowest BCUT2D eigenvalue weighted by Crippen LogP contribution is -2.28. The van der Waals surface area contributed by atoms with Gasteiger partial charge in [0.25, 0.3) is 0 Å². The largest absolute Gasteiger partial charge is 0.392 e. The predicted octanol–water partition coefficient (Wildman–Crippen LogP) is 2.99. The molecule has 0 aliphatic carbocycles. The summed E-state index contributed by atoms with van der Waals surface area (Å²) in [6, 6.07) is 0. The maximum atomic E-state index is 12.2. The van der Waals surface area contributed by atoms with Gasteiger partial charge in [0, 0.05) is 5.70 Å². The van der Waals surface area contributed by atoms with Crippen LogP contribution >= 0.6 is 0 Å². The Kier molecular flexibility index (Phi) is 9.00. The number of aliphatic hydroxyl groups is 1. The van der Waals surface area contributed by atoms with Gasteiger partial charge in [0.2, 0.25) is 0 Å². The summed E-state index contributed by atoms with van der Waals surface area (Å²) in [5.41, 5.74) is 6.20. The second-order valence-electron chi connectivity index (χ2n) is 4.47. The van der Waals surface area contributed by atoms with Crippen molar-refractivity contribution in [1.29, 1.82) is 0 Å². The number of aliphatic hydroxyl groups excluding tert-OH is 1. The summed E-state index contributed by atoms with van der Waals surface area (Å²) < 4.78 is 36.5. The second-order valence-corrected chi connectivity index (χ2v) is 4.47. The summed E-state index contributed by atoms with van der Waals surface area (Å²) in [7, 11) is 0. The molecule has 116 valence electrons. The lowest BCUT2D eigenvalue weighted by Gasteiger charge is -2.17. The van der Waals surface area contributed by atoms with Gasteiger partial charge < -0.3 is 16.2 Å². The molecule has 0 heterocycles. The van der Waals surface area contributed by atoms with Crippen LogP contribution in [-0.2, 0) is 0 Å².